The summed E-state index contributed by atoms with van der Waals surface area (Å²) in [7, 11) is -3.41. The highest BCUT2D eigenvalue weighted by atomic mass is 32.2. The Morgan fingerprint density at radius 1 is 1.14 bits per heavy atom. The number of ether oxygens (including phenoxy) is 1. The van der Waals surface area contributed by atoms with Gasteiger partial charge in [-0.3, -0.25) is 0 Å². The summed E-state index contributed by atoms with van der Waals surface area (Å²) in [4.78, 5) is 13.8. The smallest absolute Gasteiger partial charge is 0.270 e. The maximum Gasteiger partial charge on any atom is 0.270 e. The van der Waals surface area contributed by atoms with Crippen molar-refractivity contribution in [3.63, 3.8) is 0 Å². The highest BCUT2D eigenvalue weighted by molar-refractivity contribution is 7.90. The fourth-order valence-corrected chi connectivity index (χ4v) is 4.30. The first-order valence-electron chi connectivity index (χ1n) is 10.8. The molecule has 12 heteroatoms. The van der Waals surface area contributed by atoms with Crippen LogP contribution < -0.4 is 10.2 Å². The van der Waals surface area contributed by atoms with Crippen LogP contribution in [0.5, 0.6) is 0 Å². The predicted octanol–water partition coefficient (Wildman–Crippen LogP) is 3.72. The molecule has 8 nitrogen and oxygen atoms in total. The van der Waals surface area contributed by atoms with Gasteiger partial charge in [-0.15, -0.1) is 0 Å². The molecule has 1 fully saturated rings. The van der Waals surface area contributed by atoms with Gasteiger partial charge in [0.25, 0.3) is 5.92 Å². The fraction of sp³-hybridized carbons (Fsp3) is 0.348. The van der Waals surface area contributed by atoms with Crippen LogP contribution >= 0.6 is 0 Å². The van der Waals surface area contributed by atoms with Crippen LogP contribution in [0.15, 0.2) is 53.9 Å². The molecule has 3 heterocycles. The van der Waals surface area contributed by atoms with Gasteiger partial charge >= 0.3 is 0 Å². The minimum atomic E-state index is -3.41. The lowest BCUT2D eigenvalue weighted by atomic mass is 10.0. The van der Waals surface area contributed by atoms with Gasteiger partial charge in [0.2, 0.25) is 5.82 Å². The summed E-state index contributed by atoms with van der Waals surface area (Å²) in [6.07, 6.45) is 3.70. The molecule has 35 heavy (non-hydrogen) atoms. The molecule has 0 amide bonds. The third-order valence-electron chi connectivity index (χ3n) is 5.61. The first-order chi connectivity index (χ1) is 16.5. The van der Waals surface area contributed by atoms with Gasteiger partial charge in [0, 0.05) is 38.0 Å². The molecule has 1 N–H and O–H groups in total. The average Bonchev–Trinajstić information content (AvgIpc) is 2.83. The van der Waals surface area contributed by atoms with Gasteiger partial charge < -0.3 is 15.0 Å². The van der Waals surface area contributed by atoms with E-state index in [-0.39, 0.29) is 35.4 Å². The van der Waals surface area contributed by atoms with Crippen molar-refractivity contribution in [2.75, 3.05) is 36.2 Å². The standard InChI is InChI=1S/C23H24F3N5O3S/c1-23(25,26)17-6-4-16(5-7-17)18-13-34-10-9-31(18)22-20(24)21(29-14-30-22)28-12-15-3-8-19(27-11-15)35(2,32)33/h3-8,11,14,18H,9-10,12-13H2,1-2H3,(H,28,29,30). The minimum absolute atomic E-state index is 0.0339. The molecule has 4 rings (SSSR count). The second-order valence-electron chi connectivity index (χ2n) is 8.28. The number of hydrogen-bond donors (Lipinski definition) is 1. The third kappa shape index (κ3) is 5.70. The molecule has 2 aromatic heterocycles. The van der Waals surface area contributed by atoms with Crippen LogP contribution in [0, 0.1) is 5.82 Å². The largest absolute Gasteiger partial charge is 0.377 e. The number of hydrogen-bond acceptors (Lipinski definition) is 8. The highest BCUT2D eigenvalue weighted by Crippen LogP contribution is 2.34. The molecule has 0 aliphatic carbocycles. The number of anilines is 2. The lowest BCUT2D eigenvalue weighted by Crippen LogP contribution is -2.40. The summed E-state index contributed by atoms with van der Waals surface area (Å²) >= 11 is 0. The predicted molar refractivity (Wildman–Crippen MR) is 124 cm³/mol. The van der Waals surface area contributed by atoms with Crippen molar-refractivity contribution >= 4 is 21.5 Å². The number of benzene rings is 1. The minimum Gasteiger partial charge on any atom is -0.377 e. The van der Waals surface area contributed by atoms with Gasteiger partial charge in [-0.05, 0) is 17.2 Å². The van der Waals surface area contributed by atoms with Crippen LogP contribution in [-0.2, 0) is 27.0 Å². The van der Waals surface area contributed by atoms with E-state index < -0.39 is 27.6 Å². The van der Waals surface area contributed by atoms with Crippen molar-refractivity contribution in [2.45, 2.75) is 30.5 Å². The summed E-state index contributed by atoms with van der Waals surface area (Å²) in [6, 6.07) is 8.43. The molecule has 0 spiro atoms. The monoisotopic (exact) mass is 507 g/mol. The summed E-state index contributed by atoms with van der Waals surface area (Å²) in [5, 5.41) is 2.84. The molecule has 0 radical (unpaired) electrons. The molecule has 1 aliphatic rings. The number of morpholine rings is 1. The van der Waals surface area contributed by atoms with Crippen LogP contribution in [0.4, 0.5) is 24.8 Å². The van der Waals surface area contributed by atoms with Crippen molar-refractivity contribution < 1.29 is 26.3 Å². The molecule has 1 aromatic carbocycles. The maximum atomic E-state index is 15.4. The Morgan fingerprint density at radius 2 is 1.89 bits per heavy atom. The first-order valence-corrected chi connectivity index (χ1v) is 12.6. The van der Waals surface area contributed by atoms with Gasteiger partial charge in [-0.2, -0.15) is 4.39 Å². The van der Waals surface area contributed by atoms with Crippen molar-refractivity contribution in [2.24, 2.45) is 0 Å². The van der Waals surface area contributed by atoms with E-state index in [1.165, 1.54) is 30.7 Å². The second kappa shape index (κ2) is 9.78. The summed E-state index contributed by atoms with van der Waals surface area (Å²) in [5.41, 5.74) is 1.22. The lowest BCUT2D eigenvalue weighted by Gasteiger charge is -2.37. The van der Waals surface area contributed by atoms with Crippen LogP contribution in [0.3, 0.4) is 0 Å². The third-order valence-corrected chi connectivity index (χ3v) is 6.61. The Labute approximate surface area is 201 Å². The Balaban J connectivity index is 1.54. The molecular formula is C23H24F3N5O3S. The first kappa shape index (κ1) is 24.9. The Kier molecular flexibility index (Phi) is 6.95. The number of aromatic nitrogens is 3. The van der Waals surface area contributed by atoms with E-state index in [9.17, 15) is 17.2 Å². The molecule has 1 aliphatic heterocycles. The quantitative estimate of drug-likeness (QED) is 0.517. The summed E-state index contributed by atoms with van der Waals surface area (Å²) in [5.74, 6) is -3.60. The van der Waals surface area contributed by atoms with Gasteiger partial charge in [0.1, 0.15) is 6.33 Å². The van der Waals surface area contributed by atoms with Gasteiger partial charge in [0.05, 0.1) is 19.3 Å². The maximum absolute atomic E-state index is 15.4. The number of alkyl halides is 2. The van der Waals surface area contributed by atoms with Crippen molar-refractivity contribution in [1.29, 1.82) is 0 Å². The zero-order valence-corrected chi connectivity index (χ0v) is 19.9. The van der Waals surface area contributed by atoms with E-state index in [0.29, 0.717) is 24.3 Å². The molecule has 186 valence electrons. The lowest BCUT2D eigenvalue weighted by molar-refractivity contribution is 0.0174. The SMILES string of the molecule is CC(F)(F)c1ccc(C2COCCN2c2ncnc(NCc3ccc(S(C)(=O)=O)nc3)c2F)cc1. The summed E-state index contributed by atoms with van der Waals surface area (Å²) in [6.45, 7) is 1.93. The van der Waals surface area contributed by atoms with Crippen molar-refractivity contribution in [1.82, 2.24) is 15.0 Å². The molecular weight excluding hydrogens is 483 g/mol. The zero-order valence-electron chi connectivity index (χ0n) is 19.1. The van der Waals surface area contributed by atoms with E-state index >= 15 is 4.39 Å². The highest BCUT2D eigenvalue weighted by Gasteiger charge is 2.30. The number of nitrogens with one attached hydrogen (secondary N) is 1. The fourth-order valence-electron chi connectivity index (χ4n) is 3.74. The number of nitrogens with zero attached hydrogens (tertiary/aromatic N) is 4. The molecule has 0 bridgehead atoms. The van der Waals surface area contributed by atoms with Gasteiger partial charge in [-0.25, -0.2) is 32.2 Å². The van der Waals surface area contributed by atoms with Gasteiger partial charge in [-0.1, -0.05) is 30.3 Å². The number of sulfone groups is 1. The van der Waals surface area contributed by atoms with Crippen LogP contribution in [0.2, 0.25) is 0 Å². The average molecular weight is 508 g/mol. The molecule has 0 saturated carbocycles. The Bertz CT molecular complexity index is 1280. The van der Waals surface area contributed by atoms with E-state index in [1.54, 1.807) is 23.1 Å². The molecule has 3 aromatic rings. The Hall–Kier alpha value is -3.25. The summed E-state index contributed by atoms with van der Waals surface area (Å²) < 4.78 is 71.3. The Morgan fingerprint density at radius 3 is 2.51 bits per heavy atom. The van der Waals surface area contributed by atoms with Crippen LogP contribution in [0.1, 0.15) is 29.7 Å². The van der Waals surface area contributed by atoms with Gasteiger partial charge in [0.15, 0.2) is 26.5 Å². The van der Waals surface area contributed by atoms with Crippen molar-refractivity contribution in [3.05, 3.63) is 71.4 Å². The van der Waals surface area contributed by atoms with E-state index in [4.69, 9.17) is 4.74 Å². The molecule has 1 unspecified atom stereocenters. The van der Waals surface area contributed by atoms with E-state index in [1.807, 2.05) is 0 Å². The molecule has 1 saturated heterocycles. The number of rotatable bonds is 7. The topological polar surface area (TPSA) is 97.3 Å². The zero-order chi connectivity index (χ0) is 25.2. The van der Waals surface area contributed by atoms with Crippen LogP contribution in [0.25, 0.3) is 0 Å². The number of halogens is 3. The van der Waals surface area contributed by atoms with E-state index in [0.717, 1.165) is 13.2 Å². The van der Waals surface area contributed by atoms with Crippen molar-refractivity contribution in [3.8, 4) is 0 Å². The number of pyridine rings is 1. The molecule has 1 atom stereocenters. The second-order valence-corrected chi connectivity index (χ2v) is 10.2. The normalized spacial score (nSPS) is 16.8. The van der Waals surface area contributed by atoms with E-state index in [2.05, 4.69) is 20.3 Å². The van der Waals surface area contributed by atoms with Crippen LogP contribution in [-0.4, -0.2) is 49.4 Å².